The van der Waals surface area contributed by atoms with Gasteiger partial charge in [-0.05, 0) is 25.7 Å². The lowest BCUT2D eigenvalue weighted by atomic mass is 10.2. The molecule has 0 radical (unpaired) electrons. The smallest absolute Gasteiger partial charge is 0.270 e. The number of non-ortho nitro benzene ring substituents is 1. The number of thiazole rings is 1. The van der Waals surface area contributed by atoms with E-state index in [1.165, 1.54) is 23.5 Å². The first-order valence-electron chi connectivity index (χ1n) is 7.06. The van der Waals surface area contributed by atoms with Crippen molar-refractivity contribution in [2.75, 3.05) is 0 Å². The fourth-order valence-electron chi connectivity index (χ4n) is 2.26. The second-order valence-electron chi connectivity index (χ2n) is 5.44. The lowest BCUT2D eigenvalue weighted by Crippen LogP contribution is -2.34. The summed E-state index contributed by atoms with van der Waals surface area (Å²) in [6.45, 7) is 2.00. The number of amides is 1. The van der Waals surface area contributed by atoms with Crippen molar-refractivity contribution in [1.82, 2.24) is 10.3 Å². The number of rotatable bonds is 5. The number of nitro benzene ring substituents is 1. The Morgan fingerprint density at radius 2 is 2.27 bits per heavy atom. The summed E-state index contributed by atoms with van der Waals surface area (Å²) in [5.74, 6) is 0.395. The molecule has 3 rings (SSSR count). The summed E-state index contributed by atoms with van der Waals surface area (Å²) in [6.07, 6.45) is 2.33. The minimum atomic E-state index is -0.442. The van der Waals surface area contributed by atoms with Crippen LogP contribution in [0.15, 0.2) is 29.6 Å². The van der Waals surface area contributed by atoms with Crippen LogP contribution >= 0.6 is 11.3 Å². The third kappa shape index (κ3) is 3.14. The molecule has 0 aliphatic heterocycles. The highest BCUT2D eigenvalue weighted by atomic mass is 32.1. The van der Waals surface area contributed by atoms with Gasteiger partial charge in [-0.25, -0.2) is 4.98 Å². The van der Waals surface area contributed by atoms with Gasteiger partial charge in [0.15, 0.2) is 0 Å². The van der Waals surface area contributed by atoms with Crippen molar-refractivity contribution in [2.24, 2.45) is 5.92 Å². The largest absolute Gasteiger partial charge is 0.348 e. The van der Waals surface area contributed by atoms with Gasteiger partial charge >= 0.3 is 0 Å². The van der Waals surface area contributed by atoms with Crippen LogP contribution in [-0.4, -0.2) is 21.9 Å². The summed E-state index contributed by atoms with van der Waals surface area (Å²) in [7, 11) is 0. The van der Waals surface area contributed by atoms with Gasteiger partial charge in [-0.3, -0.25) is 14.9 Å². The summed E-state index contributed by atoms with van der Waals surface area (Å²) in [5.41, 5.74) is 1.02. The quantitative estimate of drug-likeness (QED) is 0.677. The van der Waals surface area contributed by atoms with Gasteiger partial charge in [0.2, 0.25) is 0 Å². The van der Waals surface area contributed by atoms with E-state index in [0.717, 1.165) is 12.8 Å². The first-order chi connectivity index (χ1) is 10.5. The Kier molecular flexibility index (Phi) is 3.89. The number of hydrogen-bond acceptors (Lipinski definition) is 5. The summed E-state index contributed by atoms with van der Waals surface area (Å²) < 4.78 is 0. The molecule has 1 atom stereocenters. The monoisotopic (exact) mass is 317 g/mol. The maximum atomic E-state index is 12.1. The van der Waals surface area contributed by atoms with Gasteiger partial charge in [0.05, 0.1) is 4.92 Å². The maximum absolute atomic E-state index is 12.1. The van der Waals surface area contributed by atoms with Crippen molar-refractivity contribution < 1.29 is 9.72 Å². The van der Waals surface area contributed by atoms with Crippen LogP contribution in [0.4, 0.5) is 5.69 Å². The van der Waals surface area contributed by atoms with Crippen LogP contribution in [0.2, 0.25) is 0 Å². The molecule has 2 aromatic rings. The number of carbonyl (C=O) groups excluding carboxylic acids is 1. The van der Waals surface area contributed by atoms with Crippen LogP contribution in [0.3, 0.4) is 0 Å². The number of hydrogen-bond donors (Lipinski definition) is 1. The fraction of sp³-hybridized carbons (Fsp3) is 0.333. The van der Waals surface area contributed by atoms with Gasteiger partial charge in [0, 0.05) is 29.1 Å². The van der Waals surface area contributed by atoms with Crippen molar-refractivity contribution in [3.63, 3.8) is 0 Å². The lowest BCUT2D eigenvalue weighted by Gasteiger charge is -2.10. The zero-order valence-electron chi connectivity index (χ0n) is 12.0. The van der Waals surface area contributed by atoms with Gasteiger partial charge in [-0.1, -0.05) is 12.1 Å². The topological polar surface area (TPSA) is 85.1 Å². The Bertz CT molecular complexity index is 724. The third-order valence-corrected chi connectivity index (χ3v) is 4.62. The van der Waals surface area contributed by atoms with E-state index >= 15 is 0 Å². The standard InChI is InChI=1S/C15H15N3O3S/c1-9(10-5-6-10)16-14(19)13-8-22-15(17-13)11-3-2-4-12(7-11)18(20)21/h2-4,7-10H,5-6H2,1H3,(H,16,19). The predicted molar refractivity (Wildman–Crippen MR) is 83.9 cm³/mol. The van der Waals surface area contributed by atoms with Gasteiger partial charge in [0.25, 0.3) is 11.6 Å². The van der Waals surface area contributed by atoms with E-state index < -0.39 is 4.92 Å². The molecular weight excluding hydrogens is 302 g/mol. The third-order valence-electron chi connectivity index (χ3n) is 3.73. The highest BCUT2D eigenvalue weighted by Gasteiger charge is 2.29. The number of benzene rings is 1. The number of nitrogens with zero attached hydrogens (tertiary/aromatic N) is 2. The molecule has 22 heavy (non-hydrogen) atoms. The molecule has 1 heterocycles. The predicted octanol–water partition coefficient (Wildman–Crippen LogP) is 3.25. The first kappa shape index (κ1) is 14.6. The summed E-state index contributed by atoms with van der Waals surface area (Å²) in [4.78, 5) is 26.8. The minimum Gasteiger partial charge on any atom is -0.348 e. The molecule has 1 unspecified atom stereocenters. The maximum Gasteiger partial charge on any atom is 0.270 e. The molecule has 1 amide bonds. The highest BCUT2D eigenvalue weighted by Crippen LogP contribution is 2.32. The van der Waals surface area contributed by atoms with Crippen LogP contribution < -0.4 is 5.32 Å². The van der Waals surface area contributed by atoms with Gasteiger partial charge in [0.1, 0.15) is 10.7 Å². The van der Waals surface area contributed by atoms with Crippen molar-refractivity contribution in [3.05, 3.63) is 45.5 Å². The minimum absolute atomic E-state index is 0.0149. The SMILES string of the molecule is CC(NC(=O)c1csc(-c2cccc([N+](=O)[O-])c2)n1)C1CC1. The molecule has 1 aliphatic carbocycles. The van der Waals surface area contributed by atoms with Crippen molar-refractivity contribution in [1.29, 1.82) is 0 Å². The van der Waals surface area contributed by atoms with Crippen LogP contribution in [0.5, 0.6) is 0 Å². The van der Waals surface area contributed by atoms with Crippen molar-refractivity contribution in [2.45, 2.75) is 25.8 Å². The second-order valence-corrected chi connectivity index (χ2v) is 6.30. The van der Waals surface area contributed by atoms with Crippen LogP contribution in [-0.2, 0) is 0 Å². The molecule has 1 saturated carbocycles. The van der Waals surface area contributed by atoms with Crippen molar-refractivity contribution in [3.8, 4) is 10.6 Å². The van der Waals surface area contributed by atoms with E-state index in [1.807, 2.05) is 6.92 Å². The number of nitro groups is 1. The molecule has 6 nitrogen and oxygen atoms in total. The molecule has 0 saturated heterocycles. The van der Waals surface area contributed by atoms with Crippen molar-refractivity contribution >= 4 is 22.9 Å². The van der Waals surface area contributed by atoms with Crippen LogP contribution in [0, 0.1) is 16.0 Å². The molecule has 1 fully saturated rings. The van der Waals surface area contributed by atoms with E-state index in [1.54, 1.807) is 17.5 Å². The molecular formula is C15H15N3O3S. The van der Waals surface area contributed by atoms with E-state index in [0.29, 0.717) is 22.2 Å². The average molecular weight is 317 g/mol. The van der Waals surface area contributed by atoms with Gasteiger partial charge in [-0.15, -0.1) is 11.3 Å². The molecule has 1 aromatic carbocycles. The zero-order valence-corrected chi connectivity index (χ0v) is 12.8. The van der Waals surface area contributed by atoms with Gasteiger partial charge in [-0.2, -0.15) is 0 Å². The number of carbonyl (C=O) groups is 1. The van der Waals surface area contributed by atoms with Crippen LogP contribution in [0.1, 0.15) is 30.3 Å². The Morgan fingerprint density at radius 3 is 2.95 bits per heavy atom. The molecule has 114 valence electrons. The molecule has 1 N–H and O–H groups in total. The summed E-state index contributed by atoms with van der Waals surface area (Å²) in [6, 6.07) is 6.43. The highest BCUT2D eigenvalue weighted by molar-refractivity contribution is 7.13. The molecule has 0 spiro atoms. The summed E-state index contributed by atoms with van der Waals surface area (Å²) in [5, 5.41) is 16.1. The average Bonchev–Trinajstić information content (AvgIpc) is 3.24. The molecule has 1 aliphatic rings. The Hall–Kier alpha value is -2.28. The normalized spacial score (nSPS) is 15.3. The Morgan fingerprint density at radius 1 is 1.50 bits per heavy atom. The Labute approximate surface area is 131 Å². The van der Waals surface area contributed by atoms with Crippen LogP contribution in [0.25, 0.3) is 10.6 Å². The fourth-order valence-corrected chi connectivity index (χ4v) is 3.06. The Balaban J connectivity index is 1.76. The number of aromatic nitrogens is 1. The zero-order chi connectivity index (χ0) is 15.7. The van der Waals surface area contributed by atoms with E-state index in [2.05, 4.69) is 10.3 Å². The van der Waals surface area contributed by atoms with E-state index in [4.69, 9.17) is 0 Å². The molecule has 1 aromatic heterocycles. The van der Waals surface area contributed by atoms with E-state index in [-0.39, 0.29) is 17.6 Å². The molecule has 0 bridgehead atoms. The second kappa shape index (κ2) is 5.84. The summed E-state index contributed by atoms with van der Waals surface area (Å²) >= 11 is 1.31. The lowest BCUT2D eigenvalue weighted by molar-refractivity contribution is -0.384. The van der Waals surface area contributed by atoms with E-state index in [9.17, 15) is 14.9 Å². The molecule has 7 heteroatoms. The first-order valence-corrected chi connectivity index (χ1v) is 7.94. The number of nitrogens with one attached hydrogen (secondary N) is 1. The van der Waals surface area contributed by atoms with Gasteiger partial charge < -0.3 is 5.32 Å².